The van der Waals surface area contributed by atoms with Crippen molar-refractivity contribution in [2.45, 2.75) is 0 Å². The topological polar surface area (TPSA) is 87.8 Å². The Morgan fingerprint density at radius 1 is 1.31 bits per heavy atom. The molecule has 0 saturated carbocycles. The number of amides is 3. The van der Waals surface area contributed by atoms with Crippen LogP contribution in [-0.4, -0.2) is 29.7 Å². The molecule has 3 amide bonds. The van der Waals surface area contributed by atoms with Gasteiger partial charge in [-0.2, -0.15) is 5.10 Å². The second kappa shape index (κ2) is 4.01. The summed E-state index contributed by atoms with van der Waals surface area (Å²) in [6, 6.07) is 6.51. The summed E-state index contributed by atoms with van der Waals surface area (Å²) in [4.78, 5) is 22.0. The van der Waals surface area contributed by atoms with Crippen molar-refractivity contribution in [3.05, 3.63) is 29.8 Å². The van der Waals surface area contributed by atoms with Crippen LogP contribution in [0.3, 0.4) is 0 Å². The Bertz CT molecular complexity index is 452. The lowest BCUT2D eigenvalue weighted by Crippen LogP contribution is -2.24. The molecule has 1 fully saturated rings. The Hall–Kier alpha value is -2.37. The van der Waals surface area contributed by atoms with Crippen LogP contribution in [0.25, 0.3) is 0 Å². The van der Waals surface area contributed by atoms with E-state index >= 15 is 0 Å². The van der Waals surface area contributed by atoms with E-state index in [9.17, 15) is 9.59 Å². The van der Waals surface area contributed by atoms with Gasteiger partial charge in [0.2, 0.25) is 5.91 Å². The second-order valence-corrected chi connectivity index (χ2v) is 3.32. The number of hydrogen-bond donors (Lipinski definition) is 2. The van der Waals surface area contributed by atoms with Gasteiger partial charge in [0.05, 0.1) is 6.21 Å². The molecule has 1 aliphatic rings. The lowest BCUT2D eigenvalue weighted by molar-refractivity contribution is -0.118. The summed E-state index contributed by atoms with van der Waals surface area (Å²) in [5.74, 6) is -0.348. The monoisotopic (exact) mass is 218 g/mol. The summed E-state index contributed by atoms with van der Waals surface area (Å²) < 4.78 is 0. The molecule has 0 aromatic heterocycles. The molecule has 1 aromatic carbocycles. The van der Waals surface area contributed by atoms with Crippen molar-refractivity contribution < 1.29 is 9.59 Å². The first-order valence-corrected chi connectivity index (χ1v) is 4.66. The summed E-state index contributed by atoms with van der Waals surface area (Å²) in [7, 11) is 0. The zero-order chi connectivity index (χ0) is 11.5. The van der Waals surface area contributed by atoms with Crippen molar-refractivity contribution in [3.63, 3.8) is 0 Å². The highest BCUT2D eigenvalue weighted by Gasteiger charge is 2.25. The van der Waals surface area contributed by atoms with Crippen molar-refractivity contribution in [2.75, 3.05) is 12.3 Å². The van der Waals surface area contributed by atoms with Crippen molar-refractivity contribution in [1.29, 1.82) is 0 Å². The number of nitrogen functional groups attached to an aromatic ring is 1. The first-order valence-electron chi connectivity index (χ1n) is 4.66. The molecule has 1 aliphatic heterocycles. The van der Waals surface area contributed by atoms with Crippen LogP contribution in [0.1, 0.15) is 5.56 Å². The molecule has 2 rings (SSSR count). The maximum Gasteiger partial charge on any atom is 0.344 e. The number of anilines is 1. The number of nitrogens with two attached hydrogens (primary N) is 1. The molecule has 1 saturated heterocycles. The highest BCUT2D eigenvalue weighted by atomic mass is 16.2. The molecule has 0 atom stereocenters. The van der Waals surface area contributed by atoms with Gasteiger partial charge >= 0.3 is 6.03 Å². The molecule has 82 valence electrons. The van der Waals surface area contributed by atoms with Gasteiger partial charge in [-0.3, -0.25) is 10.1 Å². The molecule has 0 bridgehead atoms. The number of hydrogen-bond acceptors (Lipinski definition) is 4. The summed E-state index contributed by atoms with van der Waals surface area (Å²) in [6.07, 6.45) is 1.50. The highest BCUT2D eigenvalue weighted by Crippen LogP contribution is 2.04. The highest BCUT2D eigenvalue weighted by molar-refractivity contribution is 6.02. The second-order valence-electron chi connectivity index (χ2n) is 3.32. The van der Waals surface area contributed by atoms with Crippen LogP contribution >= 0.6 is 0 Å². The fourth-order valence-electron chi connectivity index (χ4n) is 1.24. The molecule has 1 aromatic rings. The van der Waals surface area contributed by atoms with Crippen molar-refractivity contribution in [2.24, 2.45) is 5.10 Å². The van der Waals surface area contributed by atoms with Gasteiger partial charge in [0.25, 0.3) is 0 Å². The number of carbonyl (C=O) groups is 2. The van der Waals surface area contributed by atoms with E-state index in [4.69, 9.17) is 5.73 Å². The fourth-order valence-corrected chi connectivity index (χ4v) is 1.24. The van der Waals surface area contributed by atoms with Crippen LogP contribution < -0.4 is 11.1 Å². The van der Waals surface area contributed by atoms with Crippen molar-refractivity contribution in [1.82, 2.24) is 10.3 Å². The largest absolute Gasteiger partial charge is 0.399 e. The van der Waals surface area contributed by atoms with Crippen LogP contribution in [-0.2, 0) is 4.79 Å². The maximum absolute atomic E-state index is 11.1. The summed E-state index contributed by atoms with van der Waals surface area (Å²) in [6.45, 7) is -0.0374. The standard InChI is InChI=1S/C10H10N4O2/c11-8-3-1-7(2-4-8)5-12-14-6-9(15)13-10(14)16/h1-5H,6,11H2,(H,13,15,16)/b12-5+. The third-order valence-electron chi connectivity index (χ3n) is 2.06. The van der Waals surface area contributed by atoms with E-state index in [1.54, 1.807) is 24.3 Å². The maximum atomic E-state index is 11.1. The van der Waals surface area contributed by atoms with E-state index in [1.807, 2.05) is 0 Å². The molecule has 6 nitrogen and oxygen atoms in total. The van der Waals surface area contributed by atoms with Gasteiger partial charge < -0.3 is 5.73 Å². The van der Waals surface area contributed by atoms with Crippen LogP contribution in [0.15, 0.2) is 29.4 Å². The van der Waals surface area contributed by atoms with Crippen molar-refractivity contribution >= 4 is 23.8 Å². The van der Waals surface area contributed by atoms with E-state index < -0.39 is 6.03 Å². The number of urea groups is 1. The molecule has 0 radical (unpaired) electrons. The SMILES string of the molecule is Nc1ccc(/C=N/N2CC(=O)NC2=O)cc1. The lowest BCUT2D eigenvalue weighted by atomic mass is 10.2. The summed E-state index contributed by atoms with van der Waals surface area (Å²) >= 11 is 0. The van der Waals surface area contributed by atoms with Crippen LogP contribution in [0.4, 0.5) is 10.5 Å². The molecular weight excluding hydrogens is 208 g/mol. The van der Waals surface area contributed by atoms with Crippen LogP contribution in [0.2, 0.25) is 0 Å². The summed E-state index contributed by atoms with van der Waals surface area (Å²) in [5.41, 5.74) is 6.99. The lowest BCUT2D eigenvalue weighted by Gasteiger charge is -2.03. The zero-order valence-electron chi connectivity index (χ0n) is 8.38. The number of rotatable bonds is 2. The van der Waals surface area contributed by atoms with Crippen molar-refractivity contribution in [3.8, 4) is 0 Å². The average Bonchev–Trinajstić information content (AvgIpc) is 2.57. The van der Waals surface area contributed by atoms with Gasteiger partial charge in [-0.25, -0.2) is 9.80 Å². The van der Waals surface area contributed by atoms with Gasteiger partial charge in [0, 0.05) is 5.69 Å². The Morgan fingerprint density at radius 2 is 2.00 bits per heavy atom. The minimum Gasteiger partial charge on any atom is -0.399 e. The average molecular weight is 218 g/mol. The van der Waals surface area contributed by atoms with Gasteiger partial charge in [-0.1, -0.05) is 12.1 Å². The fraction of sp³-hybridized carbons (Fsp3) is 0.100. The number of benzene rings is 1. The minimum absolute atomic E-state index is 0.0374. The number of nitrogens with zero attached hydrogens (tertiary/aromatic N) is 2. The molecule has 16 heavy (non-hydrogen) atoms. The van der Waals surface area contributed by atoms with Crippen LogP contribution in [0, 0.1) is 0 Å². The van der Waals surface area contributed by atoms with E-state index in [-0.39, 0.29) is 12.5 Å². The zero-order valence-corrected chi connectivity index (χ0v) is 8.38. The first-order chi connectivity index (χ1) is 7.65. The number of nitrogens with one attached hydrogen (secondary N) is 1. The number of imide groups is 1. The normalized spacial score (nSPS) is 15.9. The van der Waals surface area contributed by atoms with Gasteiger partial charge in [0.15, 0.2) is 0 Å². The Balaban J connectivity index is 2.07. The Morgan fingerprint density at radius 3 is 2.56 bits per heavy atom. The van der Waals surface area contributed by atoms with E-state index in [1.165, 1.54) is 6.21 Å². The van der Waals surface area contributed by atoms with Crippen LogP contribution in [0.5, 0.6) is 0 Å². The minimum atomic E-state index is -0.503. The van der Waals surface area contributed by atoms with Gasteiger partial charge in [-0.15, -0.1) is 0 Å². The summed E-state index contributed by atoms with van der Waals surface area (Å²) in [5, 5.41) is 7.08. The van der Waals surface area contributed by atoms with E-state index in [0.29, 0.717) is 5.69 Å². The quantitative estimate of drug-likeness (QED) is 0.421. The molecule has 1 heterocycles. The van der Waals surface area contributed by atoms with E-state index in [0.717, 1.165) is 10.6 Å². The van der Waals surface area contributed by atoms with Gasteiger partial charge in [0.1, 0.15) is 6.54 Å². The number of hydrazone groups is 1. The third-order valence-corrected chi connectivity index (χ3v) is 2.06. The van der Waals surface area contributed by atoms with E-state index in [2.05, 4.69) is 10.4 Å². The predicted octanol–water partition coefficient (Wildman–Crippen LogP) is 0.154. The molecule has 0 aliphatic carbocycles. The molecule has 0 unspecified atom stereocenters. The Labute approximate surface area is 91.7 Å². The number of carbonyl (C=O) groups excluding carboxylic acids is 2. The van der Waals surface area contributed by atoms with Gasteiger partial charge in [-0.05, 0) is 17.7 Å². The molecular formula is C10H10N4O2. The molecule has 6 heteroatoms. The third kappa shape index (κ3) is 2.17. The predicted molar refractivity (Wildman–Crippen MR) is 58.7 cm³/mol. The molecule has 3 N–H and O–H groups in total. The smallest absolute Gasteiger partial charge is 0.344 e. The Kier molecular flexibility index (Phi) is 2.55. The first kappa shape index (κ1) is 10.2. The molecule has 0 spiro atoms.